The number of hydrogen-bond acceptors (Lipinski definition) is 3. The molecule has 2 amide bonds. The molecule has 3 N–H and O–H groups in total. The van der Waals surface area contributed by atoms with Gasteiger partial charge in [0.15, 0.2) is 12.3 Å². The molecule has 6 heteroatoms. The third-order valence-electron chi connectivity index (χ3n) is 3.88. The van der Waals surface area contributed by atoms with Crippen molar-refractivity contribution in [2.75, 3.05) is 18.9 Å². The van der Waals surface area contributed by atoms with Gasteiger partial charge in [0.1, 0.15) is 6.54 Å². The van der Waals surface area contributed by atoms with E-state index in [9.17, 15) is 9.59 Å². The summed E-state index contributed by atoms with van der Waals surface area (Å²) in [6.07, 6.45) is 3.68. The van der Waals surface area contributed by atoms with Crippen molar-refractivity contribution < 1.29 is 18.9 Å². The van der Waals surface area contributed by atoms with Crippen LogP contribution in [0.5, 0.6) is 0 Å². The van der Waals surface area contributed by atoms with Crippen LogP contribution in [0.3, 0.4) is 0 Å². The van der Waals surface area contributed by atoms with Crippen LogP contribution in [0.2, 0.25) is 0 Å². The van der Waals surface area contributed by atoms with Gasteiger partial charge in [0.25, 0.3) is 11.8 Å². The number of anilines is 1. The first-order valence-corrected chi connectivity index (χ1v) is 8.15. The summed E-state index contributed by atoms with van der Waals surface area (Å²) < 4.78 is 5.29. The monoisotopic (exact) mass is 328 g/mol. The van der Waals surface area contributed by atoms with E-state index < -0.39 is 0 Å². The number of benzene rings is 1. The number of quaternary nitrogens is 1. The fourth-order valence-corrected chi connectivity index (χ4v) is 2.52. The number of amides is 2. The van der Waals surface area contributed by atoms with Gasteiger partial charge in [0, 0.05) is 6.04 Å². The van der Waals surface area contributed by atoms with Crippen LogP contribution >= 0.6 is 0 Å². The van der Waals surface area contributed by atoms with Crippen LogP contribution in [0.1, 0.15) is 29.0 Å². The van der Waals surface area contributed by atoms with Crippen LogP contribution in [0.25, 0.3) is 0 Å². The minimum atomic E-state index is -0.135. The fourth-order valence-electron chi connectivity index (χ4n) is 2.52. The Morgan fingerprint density at radius 1 is 1.21 bits per heavy atom. The second-order valence-electron chi connectivity index (χ2n) is 6.23. The molecule has 1 aromatic heterocycles. The molecule has 3 rings (SSSR count). The molecule has 2 aromatic rings. The van der Waals surface area contributed by atoms with Crippen LogP contribution < -0.4 is 15.5 Å². The van der Waals surface area contributed by atoms with Gasteiger partial charge in [-0.05, 0) is 37.1 Å². The van der Waals surface area contributed by atoms with E-state index in [0.29, 0.717) is 24.3 Å². The molecule has 1 fully saturated rings. The lowest BCUT2D eigenvalue weighted by Crippen LogP contribution is -3.08. The lowest BCUT2D eigenvalue weighted by Gasteiger charge is -2.14. The highest BCUT2D eigenvalue weighted by atomic mass is 16.3. The van der Waals surface area contributed by atoms with Crippen LogP contribution in [0.4, 0.5) is 5.69 Å². The normalized spacial score (nSPS) is 14.9. The Balaban J connectivity index is 1.58. The Bertz CT molecular complexity index is 708. The minimum Gasteiger partial charge on any atom is -0.463 e. The standard InChI is InChI=1S/C18H21N3O3/c1-21(11-14-5-4-10-24-14)12-17(22)20-16-7-3-2-6-15(16)18(23)19-13-8-9-13/h2-7,10,13H,8-9,11-12H2,1H3,(H,19,23)(H,20,22)/p+1. The zero-order valence-electron chi connectivity index (χ0n) is 13.7. The lowest BCUT2D eigenvalue weighted by molar-refractivity contribution is -0.886. The zero-order chi connectivity index (χ0) is 16.9. The van der Waals surface area contributed by atoms with Gasteiger partial charge in [-0.2, -0.15) is 0 Å². The average Bonchev–Trinajstić information content (AvgIpc) is 3.21. The average molecular weight is 328 g/mol. The van der Waals surface area contributed by atoms with Crippen molar-refractivity contribution in [3.8, 4) is 0 Å². The number of para-hydroxylation sites is 1. The second kappa shape index (κ2) is 7.31. The molecule has 0 saturated heterocycles. The number of nitrogens with one attached hydrogen (secondary N) is 3. The third-order valence-corrected chi connectivity index (χ3v) is 3.88. The van der Waals surface area contributed by atoms with Crippen molar-refractivity contribution in [3.05, 3.63) is 54.0 Å². The molecule has 1 aromatic carbocycles. The SMILES string of the molecule is C[NH+](CC(=O)Nc1ccccc1C(=O)NC1CC1)Cc1ccco1. The van der Waals surface area contributed by atoms with Gasteiger partial charge in [-0.1, -0.05) is 12.1 Å². The van der Waals surface area contributed by atoms with Crippen LogP contribution in [0.15, 0.2) is 47.1 Å². The Labute approximate surface area is 140 Å². The van der Waals surface area contributed by atoms with Crippen LogP contribution in [-0.4, -0.2) is 31.4 Å². The van der Waals surface area contributed by atoms with E-state index >= 15 is 0 Å². The largest absolute Gasteiger partial charge is 0.463 e. The second-order valence-corrected chi connectivity index (χ2v) is 6.23. The Kier molecular flexibility index (Phi) is 4.96. The number of carbonyl (C=O) groups is 2. The number of furan rings is 1. The highest BCUT2D eigenvalue weighted by molar-refractivity contribution is 6.04. The third kappa shape index (κ3) is 4.45. The maximum atomic E-state index is 12.3. The van der Waals surface area contributed by atoms with Gasteiger partial charge in [0.2, 0.25) is 0 Å². The molecule has 24 heavy (non-hydrogen) atoms. The first kappa shape index (κ1) is 16.3. The van der Waals surface area contributed by atoms with E-state index in [4.69, 9.17) is 4.42 Å². The molecule has 0 aliphatic heterocycles. The fraction of sp³-hybridized carbons (Fsp3) is 0.333. The summed E-state index contributed by atoms with van der Waals surface area (Å²) in [7, 11) is 1.92. The van der Waals surface area contributed by atoms with E-state index in [1.54, 1.807) is 24.5 Å². The summed E-state index contributed by atoms with van der Waals surface area (Å²) in [6.45, 7) is 0.920. The van der Waals surface area contributed by atoms with Gasteiger partial charge >= 0.3 is 0 Å². The molecule has 1 atom stereocenters. The highest BCUT2D eigenvalue weighted by Crippen LogP contribution is 2.21. The summed E-state index contributed by atoms with van der Waals surface area (Å²) in [5.41, 5.74) is 1.05. The molecule has 1 unspecified atom stereocenters. The van der Waals surface area contributed by atoms with E-state index in [2.05, 4.69) is 10.6 Å². The lowest BCUT2D eigenvalue weighted by atomic mass is 10.1. The Hall–Kier alpha value is -2.60. The van der Waals surface area contributed by atoms with Crippen molar-refractivity contribution in [1.82, 2.24) is 5.32 Å². The maximum absolute atomic E-state index is 12.3. The summed E-state index contributed by atoms with van der Waals surface area (Å²) in [5.74, 6) is 0.569. The molecule has 1 aliphatic carbocycles. The maximum Gasteiger partial charge on any atom is 0.279 e. The first-order chi connectivity index (χ1) is 11.6. The Morgan fingerprint density at radius 3 is 2.71 bits per heavy atom. The van der Waals surface area contributed by atoms with Crippen molar-refractivity contribution in [2.24, 2.45) is 0 Å². The van der Waals surface area contributed by atoms with Gasteiger partial charge in [-0.25, -0.2) is 0 Å². The van der Waals surface area contributed by atoms with Crippen LogP contribution in [-0.2, 0) is 11.3 Å². The smallest absolute Gasteiger partial charge is 0.279 e. The van der Waals surface area contributed by atoms with Gasteiger partial charge in [-0.3, -0.25) is 9.59 Å². The number of carbonyl (C=O) groups excluding carboxylic acids is 2. The van der Waals surface area contributed by atoms with E-state index in [-0.39, 0.29) is 17.9 Å². The van der Waals surface area contributed by atoms with Gasteiger partial charge in [0.05, 0.1) is 24.6 Å². The quantitative estimate of drug-likeness (QED) is 0.704. The van der Waals surface area contributed by atoms with Gasteiger partial charge < -0.3 is 20.0 Å². The molecule has 0 spiro atoms. The summed E-state index contributed by atoms with van der Waals surface area (Å²) >= 11 is 0. The molecule has 1 heterocycles. The number of rotatable bonds is 7. The van der Waals surface area contributed by atoms with E-state index in [1.807, 2.05) is 25.2 Å². The van der Waals surface area contributed by atoms with Crippen molar-refractivity contribution in [1.29, 1.82) is 0 Å². The topological polar surface area (TPSA) is 75.8 Å². The highest BCUT2D eigenvalue weighted by Gasteiger charge is 2.25. The molecular weight excluding hydrogens is 306 g/mol. The predicted molar refractivity (Wildman–Crippen MR) is 89.7 cm³/mol. The first-order valence-electron chi connectivity index (χ1n) is 8.15. The number of hydrogen-bond donors (Lipinski definition) is 3. The van der Waals surface area contributed by atoms with E-state index in [0.717, 1.165) is 23.5 Å². The molecular formula is C18H22N3O3+. The van der Waals surface area contributed by atoms with Crippen molar-refractivity contribution in [2.45, 2.75) is 25.4 Å². The molecule has 6 nitrogen and oxygen atoms in total. The predicted octanol–water partition coefficient (Wildman–Crippen LogP) is 0.825. The van der Waals surface area contributed by atoms with Gasteiger partial charge in [-0.15, -0.1) is 0 Å². The minimum absolute atomic E-state index is 0.134. The molecule has 1 saturated carbocycles. The molecule has 126 valence electrons. The molecule has 0 radical (unpaired) electrons. The van der Waals surface area contributed by atoms with Crippen molar-refractivity contribution in [3.63, 3.8) is 0 Å². The van der Waals surface area contributed by atoms with E-state index in [1.165, 1.54) is 0 Å². The Morgan fingerprint density at radius 2 is 2.00 bits per heavy atom. The summed E-state index contributed by atoms with van der Waals surface area (Å²) in [5, 5.41) is 5.79. The summed E-state index contributed by atoms with van der Waals surface area (Å²) in [6, 6.07) is 11.1. The molecule has 0 bridgehead atoms. The molecule has 1 aliphatic rings. The zero-order valence-corrected chi connectivity index (χ0v) is 13.7. The summed E-state index contributed by atoms with van der Waals surface area (Å²) in [4.78, 5) is 25.5. The van der Waals surface area contributed by atoms with Crippen molar-refractivity contribution >= 4 is 17.5 Å². The number of likely N-dealkylation sites (N-methyl/N-ethyl adjacent to an activating group) is 1. The van der Waals surface area contributed by atoms with Crippen LogP contribution in [0, 0.1) is 0 Å².